The first-order valence-corrected chi connectivity index (χ1v) is 7.93. The van der Waals surface area contributed by atoms with Gasteiger partial charge in [0.15, 0.2) is 0 Å². The predicted molar refractivity (Wildman–Crippen MR) is 72.8 cm³/mol. The molecule has 0 aliphatic rings. The summed E-state index contributed by atoms with van der Waals surface area (Å²) in [6.45, 7) is 0. The molecule has 2 rings (SSSR count). The van der Waals surface area contributed by atoms with Crippen LogP contribution in [0.15, 0.2) is 42.5 Å². The lowest BCUT2D eigenvalue weighted by Crippen LogP contribution is -2.16. The third-order valence-corrected chi connectivity index (χ3v) is 4.27. The number of fused-ring (bicyclic) bond motifs is 1. The Kier molecular flexibility index (Phi) is 4.03. The summed E-state index contributed by atoms with van der Waals surface area (Å²) >= 11 is 0. The molecule has 0 unspecified atom stereocenters. The molecule has 0 aromatic heterocycles. The van der Waals surface area contributed by atoms with Crippen LogP contribution in [0, 0.1) is 0 Å². The lowest BCUT2D eigenvalue weighted by molar-refractivity contribution is 0.479. The van der Waals surface area contributed by atoms with Crippen LogP contribution in [-0.2, 0) is 24.7 Å². The highest BCUT2D eigenvalue weighted by Crippen LogP contribution is 2.18. The van der Waals surface area contributed by atoms with Gasteiger partial charge in [0.1, 0.15) is 5.88 Å². The molecule has 0 saturated heterocycles. The zero-order valence-corrected chi connectivity index (χ0v) is 11.4. The van der Waals surface area contributed by atoms with Crippen molar-refractivity contribution >= 4 is 37.6 Å². The molecular formula is C11H11NO5S2. The number of rotatable bonds is 5. The van der Waals surface area contributed by atoms with Gasteiger partial charge in [-0.25, -0.2) is 8.42 Å². The van der Waals surface area contributed by atoms with E-state index in [1.54, 1.807) is 12.1 Å². The van der Waals surface area contributed by atoms with Crippen molar-refractivity contribution in [3.63, 3.8) is 0 Å². The Morgan fingerprint density at radius 1 is 1.05 bits per heavy atom. The lowest BCUT2D eigenvalue weighted by Gasteiger charge is -2.06. The van der Waals surface area contributed by atoms with Gasteiger partial charge in [-0.2, -0.15) is 8.42 Å². The van der Waals surface area contributed by atoms with Crippen molar-refractivity contribution in [3.05, 3.63) is 42.5 Å². The summed E-state index contributed by atoms with van der Waals surface area (Å²) in [6.07, 6.45) is 0. The predicted octanol–water partition coefficient (Wildman–Crippen LogP) is 1.08. The Morgan fingerprint density at radius 2 is 1.74 bits per heavy atom. The molecule has 0 atom stereocenters. The van der Waals surface area contributed by atoms with E-state index in [0.717, 1.165) is 10.8 Å². The van der Waals surface area contributed by atoms with Crippen molar-refractivity contribution in [2.75, 3.05) is 11.2 Å². The summed E-state index contributed by atoms with van der Waals surface area (Å²) in [7, 11) is -7.56. The highest BCUT2D eigenvalue weighted by molar-refractivity contribution is 7.93. The van der Waals surface area contributed by atoms with E-state index in [1.807, 2.05) is 30.3 Å². The molecular weight excluding hydrogens is 290 g/mol. The molecule has 0 fully saturated rings. The van der Waals surface area contributed by atoms with Gasteiger partial charge >= 0.3 is 0 Å². The number of nitrogens with one attached hydrogen (secondary N) is 1. The van der Waals surface area contributed by atoms with Gasteiger partial charge in [-0.15, -0.1) is 3.63 Å². The zero-order chi connectivity index (χ0) is 13.9. The van der Waals surface area contributed by atoms with Gasteiger partial charge in [0.05, 0.1) is 0 Å². The lowest BCUT2D eigenvalue weighted by atomic mass is 10.1. The largest absolute Gasteiger partial charge is 0.370 e. The van der Waals surface area contributed by atoms with Crippen molar-refractivity contribution < 1.29 is 20.5 Å². The third-order valence-electron chi connectivity index (χ3n) is 2.38. The van der Waals surface area contributed by atoms with E-state index in [4.69, 9.17) is 0 Å². The summed E-state index contributed by atoms with van der Waals surface area (Å²) in [4.78, 5) is 0. The van der Waals surface area contributed by atoms with Gasteiger partial charge in [0.2, 0.25) is 0 Å². The van der Waals surface area contributed by atoms with Crippen molar-refractivity contribution in [2.24, 2.45) is 0 Å². The zero-order valence-electron chi connectivity index (χ0n) is 9.65. The molecule has 0 aliphatic carbocycles. The van der Waals surface area contributed by atoms with Crippen LogP contribution in [-0.4, -0.2) is 22.7 Å². The molecule has 2 aromatic carbocycles. The first kappa shape index (κ1) is 13.8. The van der Waals surface area contributed by atoms with E-state index in [2.05, 4.69) is 8.95 Å². The molecule has 0 radical (unpaired) electrons. The van der Waals surface area contributed by atoms with E-state index < -0.39 is 27.0 Å². The maximum atomic E-state index is 11.2. The van der Waals surface area contributed by atoms with Gasteiger partial charge in [-0.1, -0.05) is 30.3 Å². The van der Waals surface area contributed by atoms with E-state index in [0.29, 0.717) is 5.69 Å². The average Bonchev–Trinajstić information content (AvgIpc) is 2.35. The summed E-state index contributed by atoms with van der Waals surface area (Å²) in [5, 5.41) is 4.57. The standard InChI is InChI=1S/C11H11NO5S2/c13-18(14)17-19(15,16)8-12-11-6-5-9-3-1-2-4-10(9)7-11/h1-7,12,18H,8H2. The monoisotopic (exact) mass is 301 g/mol. The number of anilines is 1. The second-order valence-electron chi connectivity index (χ2n) is 3.74. The Hall–Kier alpha value is -1.64. The van der Waals surface area contributed by atoms with Crippen LogP contribution in [0.3, 0.4) is 0 Å². The molecule has 0 aliphatic heterocycles. The Bertz CT molecular complexity index is 760. The fraction of sp³-hybridized carbons (Fsp3) is 0.0909. The van der Waals surface area contributed by atoms with Gasteiger partial charge < -0.3 is 5.32 Å². The molecule has 8 heteroatoms. The van der Waals surface area contributed by atoms with Crippen LogP contribution < -0.4 is 5.32 Å². The van der Waals surface area contributed by atoms with Crippen LogP contribution >= 0.6 is 0 Å². The van der Waals surface area contributed by atoms with Gasteiger partial charge in [-0.05, 0) is 22.9 Å². The molecule has 2 aromatic rings. The number of thiol groups is 1. The van der Waals surface area contributed by atoms with Gasteiger partial charge in [-0.3, -0.25) is 0 Å². The smallest absolute Gasteiger partial charge is 0.299 e. The molecule has 0 bridgehead atoms. The first-order valence-electron chi connectivity index (χ1n) is 5.26. The van der Waals surface area contributed by atoms with Crippen molar-refractivity contribution in [3.8, 4) is 0 Å². The van der Waals surface area contributed by atoms with Crippen LogP contribution in [0.1, 0.15) is 0 Å². The second kappa shape index (κ2) is 5.55. The quantitative estimate of drug-likeness (QED) is 0.803. The molecule has 19 heavy (non-hydrogen) atoms. The van der Waals surface area contributed by atoms with Crippen LogP contribution in [0.4, 0.5) is 5.69 Å². The minimum absolute atomic E-state index is 0.562. The third kappa shape index (κ3) is 3.91. The Balaban J connectivity index is 2.14. The molecule has 0 spiro atoms. The van der Waals surface area contributed by atoms with Gasteiger partial charge in [0, 0.05) is 5.69 Å². The minimum Gasteiger partial charge on any atom is -0.370 e. The van der Waals surface area contributed by atoms with E-state index >= 15 is 0 Å². The van der Waals surface area contributed by atoms with Crippen molar-refractivity contribution in [1.82, 2.24) is 0 Å². The number of hydrogen-bond donors (Lipinski definition) is 2. The molecule has 102 valence electrons. The summed E-state index contributed by atoms with van der Waals surface area (Å²) < 4.78 is 46.6. The fourth-order valence-corrected chi connectivity index (χ4v) is 2.89. The molecule has 0 saturated carbocycles. The maximum absolute atomic E-state index is 11.2. The molecule has 0 amide bonds. The van der Waals surface area contributed by atoms with Crippen LogP contribution in [0.2, 0.25) is 0 Å². The van der Waals surface area contributed by atoms with Crippen molar-refractivity contribution in [1.29, 1.82) is 0 Å². The molecule has 0 heterocycles. The number of benzene rings is 2. The molecule has 6 nitrogen and oxygen atoms in total. The second-order valence-corrected chi connectivity index (χ2v) is 6.19. The summed E-state index contributed by atoms with van der Waals surface area (Å²) in [6, 6.07) is 12.9. The summed E-state index contributed by atoms with van der Waals surface area (Å²) in [5.41, 5.74) is 0.562. The van der Waals surface area contributed by atoms with Crippen molar-refractivity contribution in [2.45, 2.75) is 0 Å². The van der Waals surface area contributed by atoms with E-state index in [9.17, 15) is 16.8 Å². The minimum atomic E-state index is -4.14. The van der Waals surface area contributed by atoms with Crippen LogP contribution in [0.25, 0.3) is 10.8 Å². The average molecular weight is 301 g/mol. The maximum Gasteiger partial charge on any atom is 0.299 e. The summed E-state index contributed by atoms with van der Waals surface area (Å²) in [5.74, 6) is -0.616. The van der Waals surface area contributed by atoms with E-state index in [1.165, 1.54) is 0 Å². The number of hydrogen-bond acceptors (Lipinski definition) is 6. The van der Waals surface area contributed by atoms with E-state index in [-0.39, 0.29) is 0 Å². The highest BCUT2D eigenvalue weighted by atomic mass is 32.3. The Labute approximate surface area is 112 Å². The normalized spacial score (nSPS) is 11.8. The van der Waals surface area contributed by atoms with Gasteiger partial charge in [0.25, 0.3) is 21.1 Å². The first-order chi connectivity index (χ1) is 8.96. The topological polar surface area (TPSA) is 89.5 Å². The fourth-order valence-electron chi connectivity index (χ4n) is 1.59. The molecule has 1 N–H and O–H groups in total. The highest BCUT2D eigenvalue weighted by Gasteiger charge is 2.12. The van der Waals surface area contributed by atoms with Crippen LogP contribution in [0.5, 0.6) is 0 Å². The Morgan fingerprint density at radius 3 is 2.42 bits per heavy atom. The SMILES string of the molecule is O=[SH](=O)OS(=O)(=O)CNc1ccc2ccccc2c1.